The van der Waals surface area contributed by atoms with E-state index in [-0.39, 0.29) is 11.8 Å². The smallest absolute Gasteiger partial charge is 0.244 e. The third-order valence-corrected chi connectivity index (χ3v) is 3.91. The average Bonchev–Trinajstić information content (AvgIpc) is 2.37. The summed E-state index contributed by atoms with van der Waals surface area (Å²) in [4.78, 5) is 25.1. The minimum atomic E-state index is -0.723. The van der Waals surface area contributed by atoms with Crippen molar-refractivity contribution in [1.29, 1.82) is 0 Å². The number of hydrogen-bond donors (Lipinski definition) is 2. The number of benzene rings is 1. The van der Waals surface area contributed by atoms with E-state index in [1.807, 2.05) is 24.3 Å². The van der Waals surface area contributed by atoms with E-state index in [4.69, 9.17) is 5.73 Å². The fourth-order valence-electron chi connectivity index (χ4n) is 2.18. The Balaban J connectivity index is 2.11. The minimum absolute atomic E-state index is 0.0135. The Morgan fingerprint density at radius 1 is 1.35 bits per heavy atom. The fourth-order valence-corrected chi connectivity index (χ4v) is 2.18. The van der Waals surface area contributed by atoms with E-state index < -0.39 is 5.54 Å². The first-order chi connectivity index (χ1) is 9.42. The Morgan fingerprint density at radius 3 is 2.55 bits per heavy atom. The molecule has 1 aliphatic rings. The summed E-state index contributed by atoms with van der Waals surface area (Å²) in [7, 11) is 1.73. The van der Waals surface area contributed by atoms with Gasteiger partial charge in [-0.3, -0.25) is 9.59 Å². The second-order valence-electron chi connectivity index (χ2n) is 5.50. The van der Waals surface area contributed by atoms with E-state index in [0.717, 1.165) is 30.5 Å². The lowest BCUT2D eigenvalue weighted by Crippen LogP contribution is -2.56. The first kappa shape index (κ1) is 14.5. The molecule has 1 aliphatic carbocycles. The predicted molar refractivity (Wildman–Crippen MR) is 78.0 cm³/mol. The lowest BCUT2D eigenvalue weighted by Gasteiger charge is -2.36. The molecule has 5 nitrogen and oxygen atoms in total. The minimum Gasteiger partial charge on any atom is -0.342 e. The van der Waals surface area contributed by atoms with Crippen LogP contribution in [0.2, 0.25) is 0 Å². The first-order valence-corrected chi connectivity index (χ1v) is 6.82. The summed E-state index contributed by atoms with van der Waals surface area (Å²) in [5.74, 6) is -0.151. The Kier molecular flexibility index (Phi) is 4.09. The van der Waals surface area contributed by atoms with Crippen LogP contribution >= 0.6 is 0 Å². The highest BCUT2D eigenvalue weighted by Gasteiger charge is 2.40. The number of carbonyl (C=O) groups is 2. The normalized spacial score (nSPS) is 16.1. The van der Waals surface area contributed by atoms with Crippen molar-refractivity contribution in [2.24, 2.45) is 5.73 Å². The largest absolute Gasteiger partial charge is 0.342 e. The molecule has 0 unspecified atom stereocenters. The number of nitrogens with zero attached hydrogens (tertiary/aromatic N) is 1. The molecule has 0 bridgehead atoms. The fraction of sp³-hybridized carbons (Fsp3) is 0.467. The molecule has 0 saturated heterocycles. The maximum atomic E-state index is 12.2. The lowest BCUT2D eigenvalue weighted by molar-refractivity contribution is -0.128. The number of nitrogens with one attached hydrogen (secondary N) is 1. The zero-order valence-electron chi connectivity index (χ0n) is 12.0. The van der Waals surface area contributed by atoms with Gasteiger partial charge in [-0.2, -0.15) is 0 Å². The zero-order chi connectivity index (χ0) is 14.8. The summed E-state index contributed by atoms with van der Waals surface area (Å²) in [6.45, 7) is 1.98. The Hall–Kier alpha value is -1.88. The first-order valence-electron chi connectivity index (χ1n) is 6.82. The van der Waals surface area contributed by atoms with Gasteiger partial charge in [0.1, 0.15) is 0 Å². The molecule has 0 spiro atoms. The number of hydrogen-bond acceptors (Lipinski definition) is 3. The molecular formula is C15H21N3O2. The van der Waals surface area contributed by atoms with E-state index in [0.29, 0.717) is 6.54 Å². The summed E-state index contributed by atoms with van der Waals surface area (Å²) < 4.78 is 0. The Bertz CT molecular complexity index is 524. The van der Waals surface area contributed by atoms with Gasteiger partial charge in [-0.1, -0.05) is 18.2 Å². The van der Waals surface area contributed by atoms with Crippen molar-refractivity contribution in [3.05, 3.63) is 29.8 Å². The molecule has 5 heteroatoms. The van der Waals surface area contributed by atoms with Crippen LogP contribution in [0, 0.1) is 0 Å². The van der Waals surface area contributed by atoms with Gasteiger partial charge in [0.05, 0.1) is 5.54 Å². The van der Waals surface area contributed by atoms with Crippen LogP contribution in [0.1, 0.15) is 31.7 Å². The third-order valence-electron chi connectivity index (χ3n) is 3.91. The van der Waals surface area contributed by atoms with Crippen molar-refractivity contribution < 1.29 is 9.59 Å². The molecule has 2 rings (SSSR count). The Morgan fingerprint density at radius 2 is 2.00 bits per heavy atom. The predicted octanol–water partition coefficient (Wildman–Crippen LogP) is 1.48. The highest BCUT2D eigenvalue weighted by Crippen LogP contribution is 2.30. The third kappa shape index (κ3) is 2.99. The van der Waals surface area contributed by atoms with Crippen molar-refractivity contribution in [2.75, 3.05) is 12.4 Å². The van der Waals surface area contributed by atoms with Crippen LogP contribution in [0.4, 0.5) is 5.69 Å². The number of carbonyl (C=O) groups excluding carboxylic acids is 2. The molecule has 1 aromatic rings. The molecule has 0 heterocycles. The molecule has 108 valence electrons. The van der Waals surface area contributed by atoms with Gasteiger partial charge in [0.25, 0.3) is 0 Å². The summed E-state index contributed by atoms with van der Waals surface area (Å²) in [6.07, 6.45) is 2.46. The van der Waals surface area contributed by atoms with Crippen molar-refractivity contribution in [3.63, 3.8) is 0 Å². The van der Waals surface area contributed by atoms with Crippen LogP contribution in [0.3, 0.4) is 0 Å². The van der Waals surface area contributed by atoms with Gasteiger partial charge < -0.3 is 16.0 Å². The van der Waals surface area contributed by atoms with Crippen molar-refractivity contribution in [3.8, 4) is 0 Å². The topological polar surface area (TPSA) is 75.4 Å². The van der Waals surface area contributed by atoms with Crippen molar-refractivity contribution in [1.82, 2.24) is 4.90 Å². The van der Waals surface area contributed by atoms with E-state index in [1.165, 1.54) is 6.92 Å². The van der Waals surface area contributed by atoms with E-state index in [2.05, 4.69) is 5.32 Å². The summed E-state index contributed by atoms with van der Waals surface area (Å²) in [6, 6.07) is 7.49. The molecule has 0 aliphatic heterocycles. The molecule has 2 amide bonds. The maximum absolute atomic E-state index is 12.2. The van der Waals surface area contributed by atoms with Gasteiger partial charge in [-0.25, -0.2) is 0 Å². The van der Waals surface area contributed by atoms with E-state index >= 15 is 0 Å². The molecule has 1 aromatic carbocycles. The zero-order valence-corrected chi connectivity index (χ0v) is 12.0. The monoisotopic (exact) mass is 275 g/mol. The van der Waals surface area contributed by atoms with Crippen molar-refractivity contribution >= 4 is 17.5 Å². The van der Waals surface area contributed by atoms with E-state index in [9.17, 15) is 9.59 Å². The SMILES string of the molecule is CC(=O)N(C)Cc1ccccc1NC(=O)C1(N)CCC1. The molecule has 0 aromatic heterocycles. The quantitative estimate of drug-likeness (QED) is 0.874. The van der Waals surface area contributed by atoms with Gasteiger partial charge in [-0.15, -0.1) is 0 Å². The number of rotatable bonds is 4. The number of anilines is 1. The average molecular weight is 275 g/mol. The van der Waals surface area contributed by atoms with Gasteiger partial charge >= 0.3 is 0 Å². The van der Waals surface area contributed by atoms with Crippen LogP contribution in [-0.2, 0) is 16.1 Å². The van der Waals surface area contributed by atoms with Gasteiger partial charge in [0.2, 0.25) is 11.8 Å². The number of para-hydroxylation sites is 1. The van der Waals surface area contributed by atoms with Crippen LogP contribution < -0.4 is 11.1 Å². The van der Waals surface area contributed by atoms with Gasteiger partial charge in [-0.05, 0) is 30.9 Å². The molecule has 3 N–H and O–H groups in total. The number of amides is 2. The number of nitrogens with two attached hydrogens (primary N) is 1. The summed E-state index contributed by atoms with van der Waals surface area (Å²) >= 11 is 0. The van der Waals surface area contributed by atoms with Crippen LogP contribution in [0.5, 0.6) is 0 Å². The second kappa shape index (κ2) is 5.63. The van der Waals surface area contributed by atoms with Crippen LogP contribution in [-0.4, -0.2) is 29.3 Å². The molecular weight excluding hydrogens is 254 g/mol. The molecule has 0 atom stereocenters. The molecule has 1 saturated carbocycles. The second-order valence-corrected chi connectivity index (χ2v) is 5.50. The van der Waals surface area contributed by atoms with Crippen LogP contribution in [0.15, 0.2) is 24.3 Å². The van der Waals surface area contributed by atoms with E-state index in [1.54, 1.807) is 11.9 Å². The standard InChI is InChI=1S/C15H21N3O2/c1-11(19)18(2)10-12-6-3-4-7-13(12)17-14(20)15(16)8-5-9-15/h3-4,6-7H,5,8-10,16H2,1-2H3,(H,17,20). The van der Waals surface area contributed by atoms with Crippen molar-refractivity contribution in [2.45, 2.75) is 38.3 Å². The van der Waals surface area contributed by atoms with Gasteiger partial charge in [0.15, 0.2) is 0 Å². The molecule has 20 heavy (non-hydrogen) atoms. The summed E-state index contributed by atoms with van der Waals surface area (Å²) in [5.41, 5.74) is 6.92. The van der Waals surface area contributed by atoms with Gasteiger partial charge in [0, 0.05) is 26.2 Å². The maximum Gasteiger partial charge on any atom is 0.244 e. The lowest BCUT2D eigenvalue weighted by atomic mass is 9.77. The highest BCUT2D eigenvalue weighted by atomic mass is 16.2. The molecule has 1 fully saturated rings. The summed E-state index contributed by atoms with van der Waals surface area (Å²) in [5, 5.41) is 2.90. The Labute approximate surface area is 119 Å². The highest BCUT2D eigenvalue weighted by molar-refractivity contribution is 5.99. The molecule has 0 radical (unpaired) electrons. The van der Waals surface area contributed by atoms with Crippen LogP contribution in [0.25, 0.3) is 0 Å².